The predicted molar refractivity (Wildman–Crippen MR) is 160 cm³/mol. The van der Waals surface area contributed by atoms with Gasteiger partial charge in [-0.15, -0.1) is 10.2 Å². The van der Waals surface area contributed by atoms with Crippen LogP contribution in [0.2, 0.25) is 0 Å². The van der Waals surface area contributed by atoms with Gasteiger partial charge in [0.25, 0.3) is 0 Å². The summed E-state index contributed by atoms with van der Waals surface area (Å²) in [6.07, 6.45) is -2.30. The number of amides is 1. The van der Waals surface area contributed by atoms with E-state index in [1.807, 2.05) is 66.7 Å². The Hall–Kier alpha value is -5.10. The number of aryl methyl sites for hydroxylation is 1. The van der Waals surface area contributed by atoms with E-state index >= 15 is 0 Å². The molecule has 1 atom stereocenters. The highest BCUT2D eigenvalue weighted by Gasteiger charge is 2.16. The van der Waals surface area contributed by atoms with Crippen molar-refractivity contribution in [3.05, 3.63) is 95.0 Å². The molecule has 0 fully saturated rings. The van der Waals surface area contributed by atoms with Gasteiger partial charge in [-0.1, -0.05) is 90.2 Å². The number of amidine groups is 1. The second kappa shape index (κ2) is 15.2. The number of nitrogens with two attached hydrogens (primary N) is 1. The van der Waals surface area contributed by atoms with E-state index in [0.29, 0.717) is 22.0 Å². The summed E-state index contributed by atoms with van der Waals surface area (Å²) in [5.41, 5.74) is 10.3. The zero-order valence-corrected chi connectivity index (χ0v) is 24.4. The molecule has 0 aliphatic carbocycles. The number of carbonyl (C=O) groups excluding carboxylic acids is 3. The Kier molecular flexibility index (Phi) is 10.9. The van der Waals surface area contributed by atoms with E-state index in [9.17, 15) is 14.4 Å². The number of aromatic nitrogens is 2. The maximum Gasteiger partial charge on any atom is 0.511 e. The molecule has 0 radical (unpaired) electrons. The largest absolute Gasteiger partial charge is 0.511 e. The number of aliphatic imine (C=N–C) groups is 1. The minimum Gasteiger partial charge on any atom is -0.443 e. The molecule has 4 rings (SSSR count). The molecule has 0 bridgehead atoms. The van der Waals surface area contributed by atoms with Gasteiger partial charge >= 0.3 is 18.2 Å². The lowest BCUT2D eigenvalue weighted by atomic mass is 10.0. The lowest BCUT2D eigenvalue weighted by Crippen LogP contribution is -2.22. The van der Waals surface area contributed by atoms with Gasteiger partial charge in [0.1, 0.15) is 22.5 Å². The Labute approximate surface area is 252 Å². The maximum atomic E-state index is 12.1. The molecule has 11 nitrogen and oxygen atoms in total. The van der Waals surface area contributed by atoms with Gasteiger partial charge in [-0.25, -0.2) is 9.59 Å². The van der Waals surface area contributed by atoms with Gasteiger partial charge in [-0.3, -0.25) is 4.79 Å². The lowest BCUT2D eigenvalue weighted by molar-refractivity contribution is -0.167. The molecule has 1 unspecified atom stereocenters. The number of esters is 1. The maximum absolute atomic E-state index is 12.1. The summed E-state index contributed by atoms with van der Waals surface area (Å²) < 4.78 is 19.7. The third-order valence-electron chi connectivity index (χ3n) is 5.89. The molecule has 222 valence electrons. The summed E-state index contributed by atoms with van der Waals surface area (Å²) in [7, 11) is 0. The molecular formula is C31H30N4O7S. The minimum atomic E-state index is -1.05. The SMILES string of the molecule is CCOC(=O)OC(C)OC(=O)CCc1nnc(-c2ccc(-c3ccc(C(N)=NC(=O)OCc4ccccc4)cc3)cc2)s1. The number of hydrogen-bond acceptors (Lipinski definition) is 10. The third-order valence-corrected chi connectivity index (χ3v) is 6.93. The number of rotatable bonds is 11. The Morgan fingerprint density at radius 2 is 1.51 bits per heavy atom. The van der Waals surface area contributed by atoms with Crippen LogP contribution in [0.5, 0.6) is 0 Å². The van der Waals surface area contributed by atoms with E-state index in [4.69, 9.17) is 19.9 Å². The van der Waals surface area contributed by atoms with Gasteiger partial charge in [0.15, 0.2) is 0 Å². The number of ether oxygens (including phenoxy) is 4. The fourth-order valence-corrected chi connectivity index (χ4v) is 4.63. The Morgan fingerprint density at radius 3 is 2.19 bits per heavy atom. The molecule has 0 spiro atoms. The number of nitrogens with zero attached hydrogens (tertiary/aromatic N) is 3. The van der Waals surface area contributed by atoms with Crippen molar-refractivity contribution in [3.63, 3.8) is 0 Å². The minimum absolute atomic E-state index is 0.0597. The average molecular weight is 603 g/mol. The highest BCUT2D eigenvalue weighted by Crippen LogP contribution is 2.28. The van der Waals surface area contributed by atoms with Crippen LogP contribution < -0.4 is 5.73 Å². The molecule has 0 saturated heterocycles. The van der Waals surface area contributed by atoms with Gasteiger partial charge in [0.05, 0.1) is 13.0 Å². The van der Waals surface area contributed by atoms with Crippen molar-refractivity contribution in [1.82, 2.24) is 10.2 Å². The van der Waals surface area contributed by atoms with E-state index < -0.39 is 24.5 Å². The van der Waals surface area contributed by atoms with Crippen LogP contribution in [0.4, 0.5) is 9.59 Å². The summed E-state index contributed by atoms with van der Waals surface area (Å²) in [5.74, 6) is -0.459. The highest BCUT2D eigenvalue weighted by molar-refractivity contribution is 7.14. The number of carbonyl (C=O) groups is 3. The lowest BCUT2D eigenvalue weighted by Gasteiger charge is -2.13. The molecule has 0 saturated carbocycles. The predicted octanol–water partition coefficient (Wildman–Crippen LogP) is 5.91. The normalized spacial score (nSPS) is 11.8. The van der Waals surface area contributed by atoms with E-state index in [0.717, 1.165) is 22.3 Å². The Bertz CT molecular complexity index is 1560. The first kappa shape index (κ1) is 30.8. The highest BCUT2D eigenvalue weighted by atomic mass is 32.1. The van der Waals surface area contributed by atoms with Crippen molar-refractivity contribution in [2.24, 2.45) is 10.7 Å². The summed E-state index contributed by atoms with van der Waals surface area (Å²) in [5, 5.41) is 9.80. The molecule has 12 heteroatoms. The Balaban J connectivity index is 1.28. The quantitative estimate of drug-likeness (QED) is 0.0721. The fraction of sp³-hybridized carbons (Fsp3) is 0.226. The molecular weight excluding hydrogens is 572 g/mol. The first-order valence-electron chi connectivity index (χ1n) is 13.4. The number of hydrogen-bond donors (Lipinski definition) is 1. The van der Waals surface area contributed by atoms with Crippen molar-refractivity contribution in [2.75, 3.05) is 6.61 Å². The molecule has 0 aliphatic rings. The van der Waals surface area contributed by atoms with Crippen LogP contribution in [0.15, 0.2) is 83.9 Å². The summed E-state index contributed by atoms with van der Waals surface area (Å²) >= 11 is 1.38. The first-order valence-corrected chi connectivity index (χ1v) is 14.2. The van der Waals surface area contributed by atoms with Crippen molar-refractivity contribution < 1.29 is 33.3 Å². The fourth-order valence-electron chi connectivity index (χ4n) is 3.79. The van der Waals surface area contributed by atoms with Crippen molar-refractivity contribution in [2.45, 2.75) is 39.6 Å². The molecule has 4 aromatic rings. The van der Waals surface area contributed by atoms with Crippen LogP contribution in [0.3, 0.4) is 0 Å². The number of benzene rings is 3. The van der Waals surface area contributed by atoms with Crippen LogP contribution >= 0.6 is 11.3 Å². The van der Waals surface area contributed by atoms with Crippen molar-refractivity contribution >= 4 is 35.4 Å². The van der Waals surface area contributed by atoms with Crippen molar-refractivity contribution in [3.8, 4) is 21.7 Å². The third kappa shape index (κ3) is 9.47. The first-order chi connectivity index (χ1) is 20.8. The zero-order chi connectivity index (χ0) is 30.6. The van der Waals surface area contributed by atoms with Crippen LogP contribution in [0.25, 0.3) is 21.7 Å². The molecule has 3 aromatic carbocycles. The van der Waals surface area contributed by atoms with Gasteiger partial charge in [0, 0.05) is 24.5 Å². The van der Waals surface area contributed by atoms with Crippen LogP contribution in [0, 0.1) is 0 Å². The summed E-state index contributed by atoms with van der Waals surface area (Å²) in [6, 6.07) is 24.5. The van der Waals surface area contributed by atoms with Crippen LogP contribution in [-0.4, -0.2) is 47.1 Å². The van der Waals surface area contributed by atoms with Gasteiger partial charge in [-0.05, 0) is 23.6 Å². The summed E-state index contributed by atoms with van der Waals surface area (Å²) in [4.78, 5) is 39.3. The van der Waals surface area contributed by atoms with E-state index in [2.05, 4.69) is 19.9 Å². The molecule has 1 aromatic heterocycles. The van der Waals surface area contributed by atoms with E-state index in [1.165, 1.54) is 18.3 Å². The average Bonchev–Trinajstić information content (AvgIpc) is 3.49. The van der Waals surface area contributed by atoms with Gasteiger partial charge in [-0.2, -0.15) is 4.99 Å². The topological polar surface area (TPSA) is 152 Å². The van der Waals surface area contributed by atoms with Crippen LogP contribution in [0.1, 0.15) is 36.4 Å². The molecule has 43 heavy (non-hydrogen) atoms. The molecule has 0 aliphatic heterocycles. The standard InChI is InChI=1S/C31H30N4O7S/c1-3-39-31(38)42-20(2)41-27(36)18-17-26-34-35-29(43-26)25-15-11-23(12-16-25)22-9-13-24(14-10-22)28(32)33-30(37)40-19-21-7-5-4-6-8-21/h4-16,20H,3,17-19H2,1-2H3,(H2,32,33,37). The molecule has 2 N–H and O–H groups in total. The second-order valence-electron chi connectivity index (χ2n) is 9.05. The Morgan fingerprint density at radius 1 is 0.860 bits per heavy atom. The van der Waals surface area contributed by atoms with Gasteiger partial charge < -0.3 is 24.7 Å². The smallest absolute Gasteiger partial charge is 0.443 e. The molecule has 1 heterocycles. The second-order valence-corrected chi connectivity index (χ2v) is 10.1. The van der Waals surface area contributed by atoms with Crippen LogP contribution in [-0.2, 0) is 36.8 Å². The van der Waals surface area contributed by atoms with Crippen molar-refractivity contribution in [1.29, 1.82) is 0 Å². The van der Waals surface area contributed by atoms with Gasteiger partial charge in [0.2, 0.25) is 6.29 Å². The van der Waals surface area contributed by atoms with E-state index in [-0.39, 0.29) is 25.5 Å². The monoisotopic (exact) mass is 602 g/mol. The van der Waals surface area contributed by atoms with E-state index in [1.54, 1.807) is 19.1 Å². The summed E-state index contributed by atoms with van der Waals surface area (Å²) in [6.45, 7) is 3.36. The molecule has 1 amide bonds. The zero-order valence-electron chi connectivity index (χ0n) is 23.6.